The number of amides is 1. The molecule has 1 unspecified atom stereocenters. The average Bonchev–Trinajstić information content (AvgIpc) is 3.04. The molecule has 0 aromatic heterocycles. The Morgan fingerprint density at radius 1 is 1.03 bits per heavy atom. The van der Waals surface area contributed by atoms with Crippen molar-refractivity contribution in [2.45, 2.75) is 59.1 Å². The number of carbonyl (C=O) groups excluding carboxylic acids is 2. The molecule has 1 aliphatic heterocycles. The number of rotatable bonds is 12. The van der Waals surface area contributed by atoms with Gasteiger partial charge in [0, 0.05) is 12.5 Å². The van der Waals surface area contributed by atoms with E-state index in [2.05, 4.69) is 32.1 Å². The monoisotopic (exact) mass is 477 g/mol. The molecule has 2 aromatic rings. The van der Waals surface area contributed by atoms with Gasteiger partial charge in [-0.25, -0.2) is 4.79 Å². The van der Waals surface area contributed by atoms with Gasteiger partial charge < -0.3 is 14.4 Å². The third kappa shape index (κ3) is 8.07. The second-order valence-electron chi connectivity index (χ2n) is 9.42. The molecule has 0 saturated heterocycles. The summed E-state index contributed by atoms with van der Waals surface area (Å²) in [6.07, 6.45) is 5.24. The molecule has 188 valence electrons. The fourth-order valence-electron chi connectivity index (χ4n) is 4.39. The summed E-state index contributed by atoms with van der Waals surface area (Å²) in [5.41, 5.74) is 3.46. The van der Waals surface area contributed by atoms with Crippen molar-refractivity contribution >= 4 is 11.9 Å². The highest BCUT2D eigenvalue weighted by Crippen LogP contribution is 2.27. The first-order valence-electron chi connectivity index (χ1n) is 12.8. The molecule has 0 bridgehead atoms. The lowest BCUT2D eigenvalue weighted by Crippen LogP contribution is -2.46. The first-order chi connectivity index (χ1) is 17.0. The van der Waals surface area contributed by atoms with Gasteiger partial charge in [-0.05, 0) is 37.3 Å². The molecule has 1 amide bonds. The lowest BCUT2D eigenvalue weighted by atomic mass is 9.91. The Hall–Kier alpha value is -2.92. The van der Waals surface area contributed by atoms with Gasteiger partial charge in [0.1, 0.15) is 6.04 Å². The van der Waals surface area contributed by atoms with Crippen LogP contribution in [-0.4, -0.2) is 42.6 Å². The molecule has 0 aliphatic carbocycles. The van der Waals surface area contributed by atoms with Crippen LogP contribution in [0.2, 0.25) is 0 Å². The highest BCUT2D eigenvalue weighted by molar-refractivity contribution is 5.87. The van der Waals surface area contributed by atoms with E-state index in [0.29, 0.717) is 32.8 Å². The number of unbranched alkanes of at least 4 members (excludes halogenated alkanes) is 1. The van der Waals surface area contributed by atoms with Crippen molar-refractivity contribution in [2.75, 3.05) is 19.8 Å². The van der Waals surface area contributed by atoms with E-state index in [4.69, 9.17) is 9.47 Å². The van der Waals surface area contributed by atoms with Crippen molar-refractivity contribution in [3.05, 3.63) is 83.4 Å². The number of carbonyl (C=O) groups is 2. The van der Waals surface area contributed by atoms with E-state index in [1.165, 1.54) is 5.57 Å². The van der Waals surface area contributed by atoms with Gasteiger partial charge in [-0.2, -0.15) is 0 Å². The molecule has 0 spiro atoms. The van der Waals surface area contributed by atoms with E-state index >= 15 is 0 Å². The average molecular weight is 478 g/mol. The van der Waals surface area contributed by atoms with Crippen molar-refractivity contribution < 1.29 is 19.1 Å². The second-order valence-corrected chi connectivity index (χ2v) is 9.42. The van der Waals surface area contributed by atoms with Crippen molar-refractivity contribution in [1.82, 2.24) is 4.90 Å². The van der Waals surface area contributed by atoms with Crippen LogP contribution in [0, 0.1) is 11.8 Å². The summed E-state index contributed by atoms with van der Waals surface area (Å²) in [4.78, 5) is 28.0. The normalized spacial score (nSPS) is 17.9. The first kappa shape index (κ1) is 26.7. The van der Waals surface area contributed by atoms with Gasteiger partial charge in [0.15, 0.2) is 0 Å². The molecule has 0 radical (unpaired) electrons. The van der Waals surface area contributed by atoms with Gasteiger partial charge in [-0.15, -0.1) is 0 Å². The molecule has 0 N–H and O–H groups in total. The Bertz CT molecular complexity index is 957. The highest BCUT2D eigenvalue weighted by Gasteiger charge is 2.34. The van der Waals surface area contributed by atoms with Crippen LogP contribution < -0.4 is 0 Å². The van der Waals surface area contributed by atoms with Gasteiger partial charge in [0.2, 0.25) is 5.91 Å². The van der Waals surface area contributed by atoms with Crippen LogP contribution >= 0.6 is 0 Å². The van der Waals surface area contributed by atoms with Crippen LogP contribution in [0.25, 0.3) is 0 Å². The number of benzene rings is 2. The molecule has 2 aromatic carbocycles. The molecule has 1 aliphatic rings. The maximum Gasteiger partial charge on any atom is 0.328 e. The molecule has 35 heavy (non-hydrogen) atoms. The van der Waals surface area contributed by atoms with Crippen LogP contribution in [0.5, 0.6) is 0 Å². The molecule has 0 saturated carbocycles. The van der Waals surface area contributed by atoms with Gasteiger partial charge in [0.05, 0.1) is 25.7 Å². The van der Waals surface area contributed by atoms with E-state index in [1.54, 1.807) is 11.8 Å². The largest absolute Gasteiger partial charge is 0.464 e. The third-order valence-corrected chi connectivity index (χ3v) is 6.62. The number of esters is 1. The summed E-state index contributed by atoms with van der Waals surface area (Å²) in [7, 11) is 0. The zero-order valence-corrected chi connectivity index (χ0v) is 21.3. The van der Waals surface area contributed by atoms with Crippen molar-refractivity contribution in [2.24, 2.45) is 11.8 Å². The predicted octanol–water partition coefficient (Wildman–Crippen LogP) is 5.59. The molecule has 3 atom stereocenters. The van der Waals surface area contributed by atoms with Gasteiger partial charge in [0.25, 0.3) is 0 Å². The number of ether oxygens (including phenoxy) is 2. The topological polar surface area (TPSA) is 55.8 Å². The number of hydrogen-bond donors (Lipinski definition) is 0. The Balaban J connectivity index is 1.72. The molecular weight excluding hydrogens is 438 g/mol. The Labute approximate surface area is 210 Å². The summed E-state index contributed by atoms with van der Waals surface area (Å²) in [5, 5.41) is 0. The maximum absolute atomic E-state index is 13.6. The maximum atomic E-state index is 13.6. The van der Waals surface area contributed by atoms with Crippen molar-refractivity contribution in [1.29, 1.82) is 0 Å². The second kappa shape index (κ2) is 13.8. The highest BCUT2D eigenvalue weighted by atomic mass is 16.5. The number of nitrogens with zero attached hydrogens (tertiary/aromatic N) is 1. The Morgan fingerprint density at radius 3 is 2.34 bits per heavy atom. The molecular formula is C30H39NO4. The summed E-state index contributed by atoms with van der Waals surface area (Å²) in [6, 6.07) is 19.6. The molecule has 5 heteroatoms. The summed E-state index contributed by atoms with van der Waals surface area (Å²) < 4.78 is 11.4. The van der Waals surface area contributed by atoms with Crippen molar-refractivity contribution in [3.63, 3.8) is 0 Å². The first-order valence-corrected chi connectivity index (χ1v) is 12.8. The summed E-state index contributed by atoms with van der Waals surface area (Å²) >= 11 is 0. The van der Waals surface area contributed by atoms with E-state index in [-0.39, 0.29) is 23.7 Å². The van der Waals surface area contributed by atoms with Crippen LogP contribution in [0.15, 0.2) is 72.3 Å². The molecule has 0 fully saturated rings. The quantitative estimate of drug-likeness (QED) is 0.227. The van der Waals surface area contributed by atoms with Gasteiger partial charge in [-0.3, -0.25) is 4.79 Å². The van der Waals surface area contributed by atoms with Gasteiger partial charge in [-0.1, -0.05) is 92.6 Å². The van der Waals surface area contributed by atoms with Crippen LogP contribution in [0.3, 0.4) is 0 Å². The SMILES string of the molecule is CCCCOC(=O)[C@@H](C)N1CCC([C@@H](C)COCc2ccccc2)=CC(Cc2ccccc2)C1=O. The van der Waals surface area contributed by atoms with Crippen LogP contribution in [-0.2, 0) is 32.1 Å². The lowest BCUT2D eigenvalue weighted by molar-refractivity contribution is -0.155. The summed E-state index contributed by atoms with van der Waals surface area (Å²) in [5.74, 6) is -0.483. The molecule has 1 heterocycles. The van der Waals surface area contributed by atoms with E-state index < -0.39 is 6.04 Å². The third-order valence-electron chi connectivity index (χ3n) is 6.62. The zero-order chi connectivity index (χ0) is 25.0. The fraction of sp³-hybridized carbons (Fsp3) is 0.467. The van der Waals surface area contributed by atoms with Crippen LogP contribution in [0.4, 0.5) is 0 Å². The van der Waals surface area contributed by atoms with E-state index in [9.17, 15) is 9.59 Å². The van der Waals surface area contributed by atoms with Crippen LogP contribution in [0.1, 0.15) is 51.2 Å². The minimum absolute atomic E-state index is 0.0128. The Kier molecular flexibility index (Phi) is 10.5. The minimum Gasteiger partial charge on any atom is -0.464 e. The van der Waals surface area contributed by atoms with Crippen molar-refractivity contribution in [3.8, 4) is 0 Å². The summed E-state index contributed by atoms with van der Waals surface area (Å²) in [6.45, 7) is 8.04. The molecule has 5 nitrogen and oxygen atoms in total. The van der Waals surface area contributed by atoms with Gasteiger partial charge >= 0.3 is 5.97 Å². The standard InChI is InChI=1S/C30H39NO4/c1-4-5-18-35-30(33)24(3)31-17-16-27(23(2)21-34-22-26-14-10-7-11-15-26)20-28(29(31)32)19-25-12-8-6-9-13-25/h6-15,20,23-24,28H,4-5,16-19,21-22H2,1-3H3/t23-,24+,28?/m0/s1. The Morgan fingerprint density at radius 2 is 1.69 bits per heavy atom. The minimum atomic E-state index is -0.602. The van der Waals surface area contributed by atoms with E-state index in [0.717, 1.165) is 30.4 Å². The molecule has 3 rings (SSSR count). The fourth-order valence-corrected chi connectivity index (χ4v) is 4.39. The van der Waals surface area contributed by atoms with E-state index in [1.807, 2.05) is 48.5 Å². The lowest BCUT2D eigenvalue weighted by Gasteiger charge is -2.29. The smallest absolute Gasteiger partial charge is 0.328 e. The zero-order valence-electron chi connectivity index (χ0n) is 21.3. The number of hydrogen-bond acceptors (Lipinski definition) is 4. The predicted molar refractivity (Wildman–Crippen MR) is 139 cm³/mol.